The zero-order chi connectivity index (χ0) is 20.1. The summed E-state index contributed by atoms with van der Waals surface area (Å²) >= 11 is 6.36. The molecule has 9 heteroatoms. The highest BCUT2D eigenvalue weighted by molar-refractivity contribution is 6.32. The molecule has 0 spiro atoms. The lowest BCUT2D eigenvalue weighted by Crippen LogP contribution is -2.62. The van der Waals surface area contributed by atoms with E-state index in [2.05, 4.69) is 39.5 Å². The lowest BCUT2D eigenvalue weighted by molar-refractivity contribution is -0.139. The first-order chi connectivity index (χ1) is 13.3. The summed E-state index contributed by atoms with van der Waals surface area (Å²) in [4.78, 5) is 20.8. The molecule has 150 valence electrons. The summed E-state index contributed by atoms with van der Waals surface area (Å²) in [5, 5.41) is 11.2. The van der Waals surface area contributed by atoms with Crippen LogP contribution < -0.4 is 16.4 Å². The molecule has 0 aliphatic heterocycles. The van der Waals surface area contributed by atoms with Crippen LogP contribution in [0.1, 0.15) is 33.6 Å². The van der Waals surface area contributed by atoms with Crippen molar-refractivity contribution in [3.05, 3.63) is 23.6 Å². The minimum atomic E-state index is -0.266. The van der Waals surface area contributed by atoms with E-state index in [0.717, 1.165) is 25.1 Å². The standard InChI is InChI=1S/C19H26ClN7O/c1-4-27-9-11(7-23-27)24-18-22-8-14(20)17(26-18)25-15-12(16(21)28)5-10-6-13(15)19(10,2)3/h7-10,12-13,15H,4-6H2,1-3H3,(H2,21,28)(H2,22,24,25,26)/t10-,12-,13-,15-/m0/s1. The maximum Gasteiger partial charge on any atom is 0.229 e. The fraction of sp³-hybridized carbons (Fsp3) is 0.579. The zero-order valence-corrected chi connectivity index (χ0v) is 17.1. The second-order valence-corrected chi connectivity index (χ2v) is 8.78. The van der Waals surface area contributed by atoms with E-state index in [1.807, 2.05) is 17.8 Å². The molecule has 3 aliphatic rings. The van der Waals surface area contributed by atoms with E-state index < -0.39 is 0 Å². The van der Waals surface area contributed by atoms with Crippen molar-refractivity contribution in [1.29, 1.82) is 0 Å². The Kier molecular flexibility index (Phi) is 4.69. The molecule has 0 saturated heterocycles. The van der Waals surface area contributed by atoms with Crippen molar-refractivity contribution in [2.24, 2.45) is 28.9 Å². The highest BCUT2D eigenvalue weighted by atomic mass is 35.5. The summed E-state index contributed by atoms with van der Waals surface area (Å²) in [7, 11) is 0. The van der Waals surface area contributed by atoms with Crippen molar-refractivity contribution < 1.29 is 4.79 Å². The van der Waals surface area contributed by atoms with Gasteiger partial charge in [0.25, 0.3) is 0 Å². The summed E-state index contributed by atoms with van der Waals surface area (Å²) in [6.07, 6.45) is 7.06. The molecule has 4 N–H and O–H groups in total. The molecule has 3 saturated carbocycles. The SMILES string of the molecule is CCn1cc(Nc2ncc(Cl)c(N[C@H]3[C@@H](C(N)=O)C[C@H]4C[C@@H]3C4(C)C)n2)cn1. The summed E-state index contributed by atoms with van der Waals surface area (Å²) in [5.41, 5.74) is 6.68. The van der Waals surface area contributed by atoms with Crippen LogP contribution in [-0.2, 0) is 11.3 Å². The van der Waals surface area contributed by atoms with Crippen LogP contribution in [-0.4, -0.2) is 31.7 Å². The molecule has 5 rings (SSSR count). The van der Waals surface area contributed by atoms with Crippen LogP contribution in [0.4, 0.5) is 17.5 Å². The van der Waals surface area contributed by atoms with Gasteiger partial charge < -0.3 is 16.4 Å². The summed E-state index contributed by atoms with van der Waals surface area (Å²) in [5.74, 6) is 1.34. The Morgan fingerprint density at radius 1 is 1.39 bits per heavy atom. The Labute approximate surface area is 169 Å². The molecule has 2 heterocycles. The van der Waals surface area contributed by atoms with E-state index in [-0.39, 0.29) is 23.3 Å². The van der Waals surface area contributed by atoms with Crippen molar-refractivity contribution in [3.8, 4) is 0 Å². The lowest BCUT2D eigenvalue weighted by Gasteiger charge is -2.62. The number of halogens is 1. The topological polar surface area (TPSA) is 111 Å². The number of carbonyl (C=O) groups is 1. The minimum Gasteiger partial charge on any atom is -0.369 e. The Balaban J connectivity index is 1.57. The number of nitrogens with zero attached hydrogens (tertiary/aromatic N) is 4. The number of aryl methyl sites for hydroxylation is 1. The Bertz CT molecular complexity index is 896. The molecular weight excluding hydrogens is 378 g/mol. The largest absolute Gasteiger partial charge is 0.369 e. The number of fused-ring (bicyclic) bond motifs is 2. The second-order valence-electron chi connectivity index (χ2n) is 8.38. The normalized spacial score (nSPS) is 27.7. The molecule has 28 heavy (non-hydrogen) atoms. The number of hydrogen-bond donors (Lipinski definition) is 3. The number of nitrogens with one attached hydrogen (secondary N) is 2. The number of anilines is 3. The predicted molar refractivity (Wildman–Crippen MR) is 108 cm³/mol. The van der Waals surface area contributed by atoms with Gasteiger partial charge in [0.1, 0.15) is 5.02 Å². The molecule has 4 atom stereocenters. The third-order valence-electron chi connectivity index (χ3n) is 6.58. The fourth-order valence-corrected chi connectivity index (χ4v) is 4.86. The van der Waals surface area contributed by atoms with Crippen molar-refractivity contribution in [2.45, 2.75) is 46.2 Å². The number of nitrogens with two attached hydrogens (primary N) is 1. The average Bonchev–Trinajstić information content (AvgIpc) is 3.11. The van der Waals surface area contributed by atoms with Crippen LogP contribution in [0.25, 0.3) is 0 Å². The summed E-state index contributed by atoms with van der Waals surface area (Å²) in [6, 6.07) is -0.0828. The van der Waals surface area contributed by atoms with E-state index in [0.29, 0.717) is 28.6 Å². The van der Waals surface area contributed by atoms with Crippen LogP contribution in [0.2, 0.25) is 5.02 Å². The van der Waals surface area contributed by atoms with Gasteiger partial charge in [-0.1, -0.05) is 25.4 Å². The van der Waals surface area contributed by atoms with Gasteiger partial charge in [-0.2, -0.15) is 10.1 Å². The highest BCUT2D eigenvalue weighted by Gasteiger charge is 2.59. The first-order valence-corrected chi connectivity index (χ1v) is 10.0. The van der Waals surface area contributed by atoms with Gasteiger partial charge in [-0.05, 0) is 37.0 Å². The molecule has 8 nitrogen and oxygen atoms in total. The third kappa shape index (κ3) is 3.19. The summed E-state index contributed by atoms with van der Waals surface area (Å²) in [6.45, 7) is 7.32. The number of hydrogen-bond acceptors (Lipinski definition) is 6. The molecule has 0 aromatic carbocycles. The van der Waals surface area contributed by atoms with Crippen molar-refractivity contribution in [1.82, 2.24) is 19.7 Å². The molecule has 2 bridgehead atoms. The number of aromatic nitrogens is 4. The van der Waals surface area contributed by atoms with Gasteiger partial charge in [-0.15, -0.1) is 0 Å². The van der Waals surface area contributed by atoms with Crippen LogP contribution in [0, 0.1) is 23.2 Å². The first-order valence-electron chi connectivity index (χ1n) is 9.67. The first kappa shape index (κ1) is 19.0. The number of primary amides is 1. The van der Waals surface area contributed by atoms with E-state index in [1.54, 1.807) is 12.4 Å². The van der Waals surface area contributed by atoms with Crippen LogP contribution >= 0.6 is 11.6 Å². The van der Waals surface area contributed by atoms with Crippen LogP contribution in [0.3, 0.4) is 0 Å². The predicted octanol–water partition coefficient (Wildman–Crippen LogP) is 3.04. The molecular formula is C19H26ClN7O. The molecule has 3 fully saturated rings. The number of amides is 1. The fourth-order valence-electron chi connectivity index (χ4n) is 4.71. The van der Waals surface area contributed by atoms with E-state index >= 15 is 0 Å². The molecule has 2 aromatic heterocycles. The van der Waals surface area contributed by atoms with Crippen molar-refractivity contribution in [3.63, 3.8) is 0 Å². The maximum atomic E-state index is 12.1. The van der Waals surface area contributed by atoms with Gasteiger partial charge in [0.05, 0.1) is 24.0 Å². The zero-order valence-electron chi connectivity index (χ0n) is 16.3. The Morgan fingerprint density at radius 2 is 2.18 bits per heavy atom. The van der Waals surface area contributed by atoms with E-state index in [9.17, 15) is 4.79 Å². The smallest absolute Gasteiger partial charge is 0.229 e. The number of rotatable bonds is 6. The van der Waals surface area contributed by atoms with Gasteiger partial charge in [0.15, 0.2) is 5.82 Å². The molecule has 2 aromatic rings. The van der Waals surface area contributed by atoms with Gasteiger partial charge in [0.2, 0.25) is 11.9 Å². The third-order valence-corrected chi connectivity index (χ3v) is 6.85. The van der Waals surface area contributed by atoms with Gasteiger partial charge in [-0.25, -0.2) is 4.98 Å². The molecule has 0 radical (unpaired) electrons. The Hall–Kier alpha value is -2.35. The molecule has 0 unspecified atom stereocenters. The van der Waals surface area contributed by atoms with Crippen molar-refractivity contribution >= 4 is 35.0 Å². The van der Waals surface area contributed by atoms with Crippen molar-refractivity contribution in [2.75, 3.05) is 10.6 Å². The lowest BCUT2D eigenvalue weighted by atomic mass is 9.45. The monoisotopic (exact) mass is 403 g/mol. The second kappa shape index (κ2) is 6.92. The number of carbonyl (C=O) groups excluding carboxylic acids is 1. The highest BCUT2D eigenvalue weighted by Crippen LogP contribution is 2.61. The maximum absolute atomic E-state index is 12.1. The average molecular weight is 404 g/mol. The quantitative estimate of drug-likeness (QED) is 0.683. The molecule has 1 amide bonds. The van der Waals surface area contributed by atoms with E-state index in [4.69, 9.17) is 17.3 Å². The van der Waals surface area contributed by atoms with Gasteiger partial charge in [0, 0.05) is 18.8 Å². The van der Waals surface area contributed by atoms with Gasteiger partial charge >= 0.3 is 0 Å². The van der Waals surface area contributed by atoms with Crippen LogP contribution in [0.5, 0.6) is 0 Å². The molecule has 3 aliphatic carbocycles. The minimum absolute atomic E-state index is 0.0828. The van der Waals surface area contributed by atoms with Gasteiger partial charge in [-0.3, -0.25) is 9.48 Å². The van der Waals surface area contributed by atoms with E-state index in [1.165, 1.54) is 0 Å². The Morgan fingerprint density at radius 3 is 2.82 bits per heavy atom. The van der Waals surface area contributed by atoms with Crippen LogP contribution in [0.15, 0.2) is 18.6 Å². The summed E-state index contributed by atoms with van der Waals surface area (Å²) < 4.78 is 1.81.